The normalized spacial score (nSPS) is 11.2. The summed E-state index contributed by atoms with van der Waals surface area (Å²) in [5.74, 6) is 0. The highest BCUT2D eigenvalue weighted by atomic mass is 79.9. The molecule has 0 aliphatic carbocycles. The number of nitrogens with one attached hydrogen (secondary N) is 1. The molecule has 10 heteroatoms. The summed E-state index contributed by atoms with van der Waals surface area (Å²) in [7, 11) is -3.98. The van der Waals surface area contributed by atoms with E-state index in [4.69, 9.17) is 23.2 Å². The zero-order chi connectivity index (χ0) is 16.5. The van der Waals surface area contributed by atoms with Crippen LogP contribution < -0.4 is 4.72 Å². The number of benzene rings is 2. The first-order chi connectivity index (χ1) is 10.2. The first kappa shape index (κ1) is 17.0. The molecular weight excluding hydrogens is 419 g/mol. The molecule has 22 heavy (non-hydrogen) atoms. The fourth-order valence-corrected chi connectivity index (χ4v) is 3.89. The summed E-state index contributed by atoms with van der Waals surface area (Å²) in [5.41, 5.74) is -0.390. The van der Waals surface area contributed by atoms with Gasteiger partial charge in [0.25, 0.3) is 15.7 Å². The molecule has 2 aromatic carbocycles. The first-order valence-electron chi connectivity index (χ1n) is 5.62. The van der Waals surface area contributed by atoms with Gasteiger partial charge in [0, 0.05) is 10.5 Å². The van der Waals surface area contributed by atoms with E-state index in [1.54, 1.807) is 0 Å². The van der Waals surface area contributed by atoms with E-state index in [9.17, 15) is 18.5 Å². The molecule has 0 amide bonds. The van der Waals surface area contributed by atoms with Crippen molar-refractivity contribution in [2.75, 3.05) is 4.72 Å². The number of halogens is 3. The van der Waals surface area contributed by atoms with Crippen molar-refractivity contribution in [3.63, 3.8) is 0 Å². The third-order valence-electron chi connectivity index (χ3n) is 2.58. The lowest BCUT2D eigenvalue weighted by Gasteiger charge is -2.10. The van der Waals surface area contributed by atoms with E-state index in [0.717, 1.165) is 6.07 Å². The van der Waals surface area contributed by atoms with Gasteiger partial charge in [-0.2, -0.15) is 0 Å². The minimum Gasteiger partial charge on any atom is -0.279 e. The van der Waals surface area contributed by atoms with Gasteiger partial charge in [0.05, 0.1) is 15.6 Å². The molecule has 0 fully saturated rings. The Morgan fingerprint density at radius 2 is 1.77 bits per heavy atom. The highest BCUT2D eigenvalue weighted by molar-refractivity contribution is 9.10. The highest BCUT2D eigenvalue weighted by Crippen LogP contribution is 2.30. The zero-order valence-corrected chi connectivity index (χ0v) is 14.5. The Kier molecular flexibility index (Phi) is 4.96. The fraction of sp³-hybridized carbons (Fsp3) is 0. The Labute approximate surface area is 144 Å². The SMILES string of the molecule is O=[N+]([O-])c1cc(NS(=O)(=O)c2ccc(Br)cc2Cl)ccc1Cl. The summed E-state index contributed by atoms with van der Waals surface area (Å²) in [6.07, 6.45) is 0. The second kappa shape index (κ2) is 6.41. The molecule has 0 aliphatic rings. The van der Waals surface area contributed by atoms with Gasteiger partial charge in [0.2, 0.25) is 0 Å². The van der Waals surface area contributed by atoms with Crippen LogP contribution in [0, 0.1) is 10.1 Å². The van der Waals surface area contributed by atoms with Crippen LogP contribution in [0.4, 0.5) is 11.4 Å². The van der Waals surface area contributed by atoms with Gasteiger partial charge in [0.15, 0.2) is 0 Å². The van der Waals surface area contributed by atoms with Crippen LogP contribution in [0.25, 0.3) is 0 Å². The molecule has 0 spiro atoms. The lowest BCUT2D eigenvalue weighted by molar-refractivity contribution is -0.384. The smallest absolute Gasteiger partial charge is 0.279 e. The molecule has 2 rings (SSSR count). The summed E-state index contributed by atoms with van der Waals surface area (Å²) >= 11 is 14.8. The maximum Gasteiger partial charge on any atom is 0.289 e. The third kappa shape index (κ3) is 3.70. The minimum absolute atomic E-state index is 0.00934. The van der Waals surface area contributed by atoms with E-state index in [1.807, 2.05) is 0 Å². The molecule has 1 N–H and O–H groups in total. The van der Waals surface area contributed by atoms with Gasteiger partial charge in [-0.1, -0.05) is 39.1 Å². The number of nitrogens with zero attached hydrogens (tertiary/aromatic N) is 1. The molecule has 0 aromatic heterocycles. The number of rotatable bonds is 4. The Balaban J connectivity index is 2.41. The van der Waals surface area contributed by atoms with Crippen LogP contribution >= 0.6 is 39.1 Å². The average Bonchev–Trinajstić information content (AvgIpc) is 2.39. The van der Waals surface area contributed by atoms with Crippen molar-refractivity contribution in [2.24, 2.45) is 0 Å². The van der Waals surface area contributed by atoms with Gasteiger partial charge in [0.1, 0.15) is 9.92 Å². The van der Waals surface area contributed by atoms with Gasteiger partial charge in [-0.25, -0.2) is 8.42 Å². The molecule has 0 saturated carbocycles. The van der Waals surface area contributed by atoms with Crippen molar-refractivity contribution in [1.82, 2.24) is 0 Å². The topological polar surface area (TPSA) is 89.3 Å². The Morgan fingerprint density at radius 3 is 2.36 bits per heavy atom. The first-order valence-corrected chi connectivity index (χ1v) is 8.66. The van der Waals surface area contributed by atoms with Crippen LogP contribution in [-0.2, 0) is 10.0 Å². The molecular formula is C12H7BrCl2N2O4S. The van der Waals surface area contributed by atoms with E-state index in [-0.39, 0.29) is 20.6 Å². The quantitative estimate of drug-likeness (QED) is 0.578. The van der Waals surface area contributed by atoms with Gasteiger partial charge < -0.3 is 0 Å². The summed E-state index contributed by atoms with van der Waals surface area (Å²) < 4.78 is 27.4. The summed E-state index contributed by atoms with van der Waals surface area (Å²) in [6.45, 7) is 0. The van der Waals surface area contributed by atoms with Crippen molar-refractivity contribution in [2.45, 2.75) is 4.90 Å². The van der Waals surface area contributed by atoms with E-state index >= 15 is 0 Å². The molecule has 0 bridgehead atoms. The second-order valence-corrected chi connectivity index (χ2v) is 7.48. The summed E-state index contributed by atoms with van der Waals surface area (Å²) in [5, 5.41) is 10.7. The van der Waals surface area contributed by atoms with Crippen LogP contribution in [-0.4, -0.2) is 13.3 Å². The largest absolute Gasteiger partial charge is 0.289 e. The Morgan fingerprint density at radius 1 is 1.09 bits per heavy atom. The van der Waals surface area contributed by atoms with Crippen molar-refractivity contribution in [3.8, 4) is 0 Å². The molecule has 0 saturated heterocycles. The molecule has 0 heterocycles. The van der Waals surface area contributed by atoms with E-state index in [0.29, 0.717) is 4.47 Å². The Hall–Kier alpha value is -1.35. The van der Waals surface area contributed by atoms with Crippen molar-refractivity contribution >= 4 is 60.5 Å². The number of hydrogen-bond acceptors (Lipinski definition) is 4. The standard InChI is InChI=1S/C12H7BrCl2N2O4S/c13-7-1-4-12(10(15)5-7)22(20,21)16-8-2-3-9(14)11(6-8)17(18)19/h1-6,16H. The van der Waals surface area contributed by atoms with Crippen molar-refractivity contribution in [3.05, 3.63) is 61.0 Å². The van der Waals surface area contributed by atoms with E-state index < -0.39 is 20.6 Å². The second-order valence-electron chi connectivity index (χ2n) is 4.10. The number of nitro benzene ring substituents is 1. The average molecular weight is 426 g/mol. The van der Waals surface area contributed by atoms with Gasteiger partial charge in [-0.15, -0.1) is 0 Å². The number of hydrogen-bond donors (Lipinski definition) is 1. The highest BCUT2D eigenvalue weighted by Gasteiger charge is 2.20. The van der Waals surface area contributed by atoms with Crippen molar-refractivity contribution < 1.29 is 13.3 Å². The predicted octanol–water partition coefficient (Wildman–Crippen LogP) is 4.46. The van der Waals surface area contributed by atoms with Crippen LogP contribution in [0.1, 0.15) is 0 Å². The van der Waals surface area contributed by atoms with E-state index in [2.05, 4.69) is 20.7 Å². The van der Waals surface area contributed by atoms with Gasteiger partial charge in [-0.05, 0) is 30.3 Å². The summed E-state index contributed by atoms with van der Waals surface area (Å²) in [4.78, 5) is 9.97. The maximum atomic E-state index is 12.3. The number of anilines is 1. The zero-order valence-electron chi connectivity index (χ0n) is 10.6. The van der Waals surface area contributed by atoms with Crippen LogP contribution in [0.5, 0.6) is 0 Å². The van der Waals surface area contributed by atoms with Gasteiger partial charge in [-0.3, -0.25) is 14.8 Å². The summed E-state index contributed by atoms with van der Waals surface area (Å²) in [6, 6.07) is 7.86. The molecule has 0 unspecified atom stereocenters. The molecule has 0 aliphatic heterocycles. The molecule has 0 radical (unpaired) electrons. The van der Waals surface area contributed by atoms with Crippen LogP contribution in [0.15, 0.2) is 45.8 Å². The predicted molar refractivity (Wildman–Crippen MR) is 88.1 cm³/mol. The van der Waals surface area contributed by atoms with Crippen LogP contribution in [0.2, 0.25) is 10.0 Å². The van der Waals surface area contributed by atoms with Gasteiger partial charge >= 0.3 is 0 Å². The number of sulfonamides is 1. The van der Waals surface area contributed by atoms with Crippen molar-refractivity contribution in [1.29, 1.82) is 0 Å². The molecule has 6 nitrogen and oxygen atoms in total. The lowest BCUT2D eigenvalue weighted by Crippen LogP contribution is -2.13. The number of nitro groups is 1. The van der Waals surface area contributed by atoms with E-state index in [1.165, 1.54) is 30.3 Å². The minimum atomic E-state index is -3.98. The molecule has 116 valence electrons. The van der Waals surface area contributed by atoms with Crippen LogP contribution in [0.3, 0.4) is 0 Å². The maximum absolute atomic E-state index is 12.3. The molecule has 0 atom stereocenters. The third-order valence-corrected chi connectivity index (χ3v) is 5.26. The lowest BCUT2D eigenvalue weighted by atomic mass is 10.3. The molecule has 2 aromatic rings. The fourth-order valence-electron chi connectivity index (χ4n) is 1.62. The Bertz CT molecular complexity index is 858. The monoisotopic (exact) mass is 424 g/mol.